The molecule has 4 rings (SSSR count). The number of rotatable bonds is 8. The molecule has 0 heterocycles. The number of amidine groups is 1. The van der Waals surface area contributed by atoms with Crippen molar-refractivity contribution in [1.82, 2.24) is 9.62 Å². The molecule has 0 aromatic heterocycles. The van der Waals surface area contributed by atoms with Gasteiger partial charge >= 0.3 is 0 Å². The lowest BCUT2D eigenvalue weighted by molar-refractivity contribution is -0.132. The first kappa shape index (κ1) is 22.8. The maximum absolute atomic E-state index is 13.2. The Balaban J connectivity index is 1.61. The van der Waals surface area contributed by atoms with Crippen LogP contribution in [-0.4, -0.2) is 44.2 Å². The molecule has 1 atom stereocenters. The Bertz CT molecular complexity index is 1300. The molecule has 1 amide bonds. The third kappa shape index (κ3) is 5.15. The first-order valence-corrected chi connectivity index (χ1v) is 12.2. The van der Waals surface area contributed by atoms with E-state index in [0.717, 1.165) is 29.2 Å². The number of carbonyl (C=O) groups excluding carboxylic acids is 1. The Morgan fingerprint density at radius 3 is 2.39 bits per heavy atom. The number of nitrogens with one attached hydrogen (secondary N) is 1. The summed E-state index contributed by atoms with van der Waals surface area (Å²) < 4.78 is 29.1. The van der Waals surface area contributed by atoms with Gasteiger partial charge in [0, 0.05) is 18.7 Å². The van der Waals surface area contributed by atoms with Crippen molar-refractivity contribution < 1.29 is 13.2 Å². The van der Waals surface area contributed by atoms with E-state index in [9.17, 15) is 13.2 Å². The second-order valence-corrected chi connectivity index (χ2v) is 9.99. The van der Waals surface area contributed by atoms with E-state index in [-0.39, 0.29) is 29.1 Å². The van der Waals surface area contributed by atoms with Gasteiger partial charge in [0.2, 0.25) is 15.9 Å². The second kappa shape index (κ2) is 9.21. The highest BCUT2D eigenvalue weighted by atomic mass is 32.2. The summed E-state index contributed by atoms with van der Waals surface area (Å²) in [6.45, 7) is 0. The van der Waals surface area contributed by atoms with Crippen LogP contribution in [0.1, 0.15) is 24.0 Å². The number of benzene rings is 3. The molecule has 0 spiro atoms. The van der Waals surface area contributed by atoms with Crippen molar-refractivity contribution in [3.8, 4) is 0 Å². The van der Waals surface area contributed by atoms with Crippen LogP contribution in [-0.2, 0) is 21.2 Å². The third-order valence-corrected chi connectivity index (χ3v) is 7.37. The summed E-state index contributed by atoms with van der Waals surface area (Å²) >= 11 is 0. The average molecular weight is 466 g/mol. The molecule has 8 nitrogen and oxygen atoms in total. The molecular formula is C24H27N5O3S. The first-order chi connectivity index (χ1) is 15.8. The number of sulfonamides is 1. The molecule has 172 valence electrons. The zero-order valence-corrected chi connectivity index (χ0v) is 19.1. The number of likely N-dealkylation sites (N-methyl/N-ethyl adjacent to an activating group) is 1. The molecule has 9 heteroatoms. The van der Waals surface area contributed by atoms with E-state index >= 15 is 0 Å². The van der Waals surface area contributed by atoms with E-state index in [0.29, 0.717) is 5.56 Å². The monoisotopic (exact) mass is 465 g/mol. The van der Waals surface area contributed by atoms with Crippen molar-refractivity contribution >= 4 is 32.5 Å². The predicted molar refractivity (Wildman–Crippen MR) is 129 cm³/mol. The Kier molecular flexibility index (Phi) is 6.35. The van der Waals surface area contributed by atoms with Crippen LogP contribution < -0.4 is 16.3 Å². The van der Waals surface area contributed by atoms with Gasteiger partial charge in [0.25, 0.3) is 0 Å². The van der Waals surface area contributed by atoms with Crippen molar-refractivity contribution in [2.45, 2.75) is 36.2 Å². The highest BCUT2D eigenvalue weighted by Crippen LogP contribution is 2.27. The summed E-state index contributed by atoms with van der Waals surface area (Å²) in [6.07, 6.45) is 2.06. The SMILES string of the molecule is CN(C(=O)[C@H](Cc1ccc(C(N)=NN)cc1)NS(=O)(=O)c1ccc2ccccc2c1)C1CC1. The van der Waals surface area contributed by atoms with Crippen LogP contribution in [0.2, 0.25) is 0 Å². The van der Waals surface area contributed by atoms with Gasteiger partial charge in [0.15, 0.2) is 0 Å². The molecule has 33 heavy (non-hydrogen) atoms. The number of fused-ring (bicyclic) bond motifs is 1. The lowest BCUT2D eigenvalue weighted by atomic mass is 10.0. The number of nitrogens with zero attached hydrogens (tertiary/aromatic N) is 2. The second-order valence-electron chi connectivity index (χ2n) is 8.28. The van der Waals surface area contributed by atoms with E-state index in [1.54, 1.807) is 54.4 Å². The van der Waals surface area contributed by atoms with E-state index < -0.39 is 16.1 Å². The smallest absolute Gasteiger partial charge is 0.241 e. The van der Waals surface area contributed by atoms with Crippen molar-refractivity contribution in [3.63, 3.8) is 0 Å². The Labute approximate surface area is 193 Å². The van der Waals surface area contributed by atoms with Crippen LogP contribution in [0.4, 0.5) is 0 Å². The fourth-order valence-electron chi connectivity index (χ4n) is 3.78. The zero-order valence-electron chi connectivity index (χ0n) is 18.3. The minimum Gasteiger partial charge on any atom is -0.382 e. The molecule has 1 saturated carbocycles. The van der Waals surface area contributed by atoms with Crippen LogP contribution in [0.25, 0.3) is 10.8 Å². The van der Waals surface area contributed by atoms with E-state index in [2.05, 4.69) is 9.82 Å². The minimum absolute atomic E-state index is 0.121. The molecule has 0 radical (unpaired) electrons. The van der Waals surface area contributed by atoms with Gasteiger partial charge in [-0.3, -0.25) is 4.79 Å². The molecule has 0 aliphatic heterocycles. The molecule has 3 aromatic carbocycles. The normalized spacial score (nSPS) is 15.4. The fourth-order valence-corrected chi connectivity index (χ4v) is 5.00. The van der Waals surface area contributed by atoms with E-state index in [4.69, 9.17) is 11.6 Å². The van der Waals surface area contributed by atoms with Crippen molar-refractivity contribution in [2.75, 3.05) is 7.05 Å². The van der Waals surface area contributed by atoms with Gasteiger partial charge in [-0.15, -0.1) is 0 Å². The first-order valence-electron chi connectivity index (χ1n) is 10.7. The number of hydrogen-bond acceptors (Lipinski definition) is 5. The van der Waals surface area contributed by atoms with Crippen LogP contribution in [0.3, 0.4) is 0 Å². The summed E-state index contributed by atoms with van der Waals surface area (Å²) in [4.78, 5) is 15.0. The van der Waals surface area contributed by atoms with Crippen LogP contribution in [0.5, 0.6) is 0 Å². The maximum atomic E-state index is 13.2. The van der Waals surface area contributed by atoms with Gasteiger partial charge < -0.3 is 16.5 Å². The fraction of sp³-hybridized carbons (Fsp3) is 0.250. The summed E-state index contributed by atoms with van der Waals surface area (Å²) in [5.74, 6) is 5.16. The molecule has 1 aliphatic carbocycles. The number of nitrogens with two attached hydrogens (primary N) is 2. The van der Waals surface area contributed by atoms with Crippen LogP contribution in [0, 0.1) is 0 Å². The van der Waals surface area contributed by atoms with Crippen LogP contribution in [0.15, 0.2) is 76.7 Å². The van der Waals surface area contributed by atoms with Crippen molar-refractivity contribution in [2.24, 2.45) is 16.7 Å². The summed E-state index contributed by atoms with van der Waals surface area (Å²) in [6, 6.07) is 18.7. The van der Waals surface area contributed by atoms with Crippen molar-refractivity contribution in [1.29, 1.82) is 0 Å². The minimum atomic E-state index is -3.93. The van der Waals surface area contributed by atoms with E-state index in [1.165, 1.54) is 0 Å². The standard InChI is InChI=1S/C24H27N5O3S/c1-29(20-11-12-20)24(30)22(14-16-6-8-18(9-7-16)23(25)27-26)28-33(31,32)21-13-10-17-4-2-3-5-19(17)15-21/h2-10,13,15,20,22,28H,11-12,14,26H2,1H3,(H2,25,27)/t22-/m0/s1. The van der Waals surface area contributed by atoms with Gasteiger partial charge in [0.1, 0.15) is 11.9 Å². The summed E-state index contributed by atoms with van der Waals surface area (Å²) in [7, 11) is -2.21. The highest BCUT2D eigenvalue weighted by Gasteiger charge is 2.35. The van der Waals surface area contributed by atoms with Gasteiger partial charge in [-0.05, 0) is 47.7 Å². The van der Waals surface area contributed by atoms with E-state index in [1.807, 2.05) is 24.3 Å². The Morgan fingerprint density at radius 2 is 1.76 bits per heavy atom. The maximum Gasteiger partial charge on any atom is 0.241 e. The van der Waals surface area contributed by atoms with Gasteiger partial charge in [-0.2, -0.15) is 9.82 Å². The average Bonchev–Trinajstić information content (AvgIpc) is 3.68. The molecular weight excluding hydrogens is 438 g/mol. The number of carbonyl (C=O) groups is 1. The summed E-state index contributed by atoms with van der Waals surface area (Å²) in [5, 5.41) is 5.23. The number of amides is 1. The molecule has 0 bridgehead atoms. The third-order valence-electron chi connectivity index (χ3n) is 5.90. The quantitative estimate of drug-likeness (QED) is 0.202. The van der Waals surface area contributed by atoms with Gasteiger partial charge in [-0.25, -0.2) is 8.42 Å². The van der Waals surface area contributed by atoms with Gasteiger partial charge in [-0.1, -0.05) is 54.6 Å². The van der Waals surface area contributed by atoms with Gasteiger partial charge in [0.05, 0.1) is 4.90 Å². The highest BCUT2D eigenvalue weighted by molar-refractivity contribution is 7.89. The summed E-state index contributed by atoms with van der Waals surface area (Å²) in [5.41, 5.74) is 7.17. The molecule has 1 aliphatic rings. The number of hydrogen-bond donors (Lipinski definition) is 3. The molecule has 0 unspecified atom stereocenters. The number of hydrazone groups is 1. The lowest BCUT2D eigenvalue weighted by Crippen LogP contribution is -2.49. The largest absolute Gasteiger partial charge is 0.382 e. The predicted octanol–water partition coefficient (Wildman–Crippen LogP) is 1.93. The lowest BCUT2D eigenvalue weighted by Gasteiger charge is -2.25. The molecule has 0 saturated heterocycles. The zero-order chi connectivity index (χ0) is 23.6. The Hall–Kier alpha value is -3.43. The Morgan fingerprint density at radius 1 is 1.09 bits per heavy atom. The molecule has 5 N–H and O–H groups in total. The van der Waals surface area contributed by atoms with Crippen LogP contribution >= 0.6 is 0 Å². The van der Waals surface area contributed by atoms with Crippen molar-refractivity contribution in [3.05, 3.63) is 77.9 Å². The molecule has 3 aromatic rings. The molecule has 1 fully saturated rings. The topological polar surface area (TPSA) is 131 Å².